The van der Waals surface area contributed by atoms with Crippen molar-refractivity contribution in [3.8, 4) is 0 Å². The van der Waals surface area contributed by atoms with Crippen LogP contribution in [0.1, 0.15) is 34.6 Å². The average molecular weight is 221 g/mol. The molecule has 0 aromatic heterocycles. The minimum Gasteiger partial charge on any atom is -0.392 e. The van der Waals surface area contributed by atoms with E-state index < -0.39 is 6.10 Å². The van der Waals surface area contributed by atoms with Crippen molar-refractivity contribution in [3.63, 3.8) is 0 Å². The van der Waals surface area contributed by atoms with E-state index in [1.54, 1.807) is 31.2 Å². The molecule has 0 bridgehead atoms. The third-order valence-corrected chi connectivity index (χ3v) is 2.11. The Morgan fingerprint density at radius 3 is 2.38 bits per heavy atom. The van der Waals surface area contributed by atoms with Crippen LogP contribution in [0.25, 0.3) is 0 Å². The van der Waals surface area contributed by atoms with Gasteiger partial charge in [0, 0.05) is 12.1 Å². The Bertz CT molecular complexity index is 399. The van der Waals surface area contributed by atoms with Crippen molar-refractivity contribution in [1.29, 1.82) is 0 Å². The summed E-state index contributed by atoms with van der Waals surface area (Å²) in [5.74, 6) is -0.491. The number of hydrogen-bond donors (Lipinski definition) is 2. The van der Waals surface area contributed by atoms with Gasteiger partial charge in [0.05, 0.1) is 11.7 Å². The molecule has 16 heavy (non-hydrogen) atoms. The van der Waals surface area contributed by atoms with Crippen LogP contribution >= 0.6 is 0 Å². The molecule has 0 radical (unpaired) electrons. The number of carbonyl (C=O) groups is 2. The highest BCUT2D eigenvalue weighted by molar-refractivity contribution is 6.07. The van der Waals surface area contributed by atoms with Crippen molar-refractivity contribution in [3.05, 3.63) is 35.4 Å². The van der Waals surface area contributed by atoms with Crippen LogP contribution in [0.3, 0.4) is 0 Å². The maximum Gasteiger partial charge on any atom is 0.252 e. The molecule has 0 aliphatic carbocycles. The van der Waals surface area contributed by atoms with Gasteiger partial charge in [0.25, 0.3) is 5.91 Å². The number of Topliss-reactive ketones (excluding diaryl/α,β-unsaturated/α-hetero) is 1. The number of hydrogen-bond acceptors (Lipinski definition) is 3. The summed E-state index contributed by atoms with van der Waals surface area (Å²) >= 11 is 0. The van der Waals surface area contributed by atoms with Gasteiger partial charge in [0.2, 0.25) is 0 Å². The molecule has 1 aromatic rings. The lowest BCUT2D eigenvalue weighted by atomic mass is 10.0. The third kappa shape index (κ3) is 3.17. The van der Waals surface area contributed by atoms with Crippen molar-refractivity contribution in [1.82, 2.24) is 5.32 Å². The summed E-state index contributed by atoms with van der Waals surface area (Å²) in [4.78, 5) is 23.0. The first kappa shape index (κ1) is 12.4. The van der Waals surface area contributed by atoms with E-state index in [0.29, 0.717) is 11.1 Å². The highest BCUT2D eigenvalue weighted by Crippen LogP contribution is 2.09. The van der Waals surface area contributed by atoms with Crippen LogP contribution in [0.15, 0.2) is 24.3 Å². The van der Waals surface area contributed by atoms with E-state index >= 15 is 0 Å². The molecule has 0 fully saturated rings. The molecule has 4 heteroatoms. The Kier molecular flexibility index (Phi) is 4.19. The van der Waals surface area contributed by atoms with E-state index in [0.717, 1.165) is 0 Å². The Labute approximate surface area is 94.3 Å². The number of benzene rings is 1. The van der Waals surface area contributed by atoms with Crippen molar-refractivity contribution in [2.45, 2.75) is 20.0 Å². The maximum absolute atomic E-state index is 11.7. The monoisotopic (exact) mass is 221 g/mol. The molecule has 1 aromatic carbocycles. The van der Waals surface area contributed by atoms with E-state index in [2.05, 4.69) is 5.32 Å². The zero-order valence-electron chi connectivity index (χ0n) is 9.36. The fraction of sp³-hybridized carbons (Fsp3) is 0.333. The largest absolute Gasteiger partial charge is 0.392 e. The standard InChI is InChI=1S/C12H15NO3/c1-8(14)7-13-12(16)11-6-4-3-5-10(11)9(2)15/h3-6,8,14H,7H2,1-2H3,(H,13,16). The van der Waals surface area contributed by atoms with Crippen LogP contribution in [-0.2, 0) is 0 Å². The first-order valence-electron chi connectivity index (χ1n) is 5.08. The molecule has 2 N–H and O–H groups in total. The number of nitrogens with one attached hydrogen (secondary N) is 1. The number of carbonyl (C=O) groups excluding carboxylic acids is 2. The summed E-state index contributed by atoms with van der Waals surface area (Å²) in [5, 5.41) is 11.6. The van der Waals surface area contributed by atoms with Gasteiger partial charge in [-0.25, -0.2) is 0 Å². The molecule has 0 saturated heterocycles. The lowest BCUT2D eigenvalue weighted by Gasteiger charge is -2.09. The molecule has 1 amide bonds. The molecule has 0 heterocycles. The zero-order chi connectivity index (χ0) is 12.1. The number of rotatable bonds is 4. The lowest BCUT2D eigenvalue weighted by Crippen LogP contribution is -2.31. The van der Waals surface area contributed by atoms with Crippen LogP contribution in [0.5, 0.6) is 0 Å². The zero-order valence-corrected chi connectivity index (χ0v) is 9.36. The summed E-state index contributed by atoms with van der Waals surface area (Å²) in [7, 11) is 0. The SMILES string of the molecule is CC(=O)c1ccccc1C(=O)NCC(C)O. The molecule has 1 atom stereocenters. The second kappa shape index (κ2) is 5.42. The predicted molar refractivity (Wildman–Crippen MR) is 60.5 cm³/mol. The summed E-state index contributed by atoms with van der Waals surface area (Å²) in [6.45, 7) is 3.17. The topological polar surface area (TPSA) is 66.4 Å². The summed E-state index contributed by atoms with van der Waals surface area (Å²) in [6, 6.07) is 6.61. The van der Waals surface area contributed by atoms with E-state index in [-0.39, 0.29) is 18.2 Å². The van der Waals surface area contributed by atoms with Gasteiger partial charge >= 0.3 is 0 Å². The van der Waals surface area contributed by atoms with Gasteiger partial charge in [-0.1, -0.05) is 18.2 Å². The minimum atomic E-state index is -0.603. The van der Waals surface area contributed by atoms with Gasteiger partial charge in [-0.3, -0.25) is 9.59 Å². The molecule has 1 rings (SSSR count). The maximum atomic E-state index is 11.7. The first-order valence-corrected chi connectivity index (χ1v) is 5.08. The summed E-state index contributed by atoms with van der Waals surface area (Å²) < 4.78 is 0. The van der Waals surface area contributed by atoms with Crippen molar-refractivity contribution in [2.75, 3.05) is 6.54 Å². The van der Waals surface area contributed by atoms with Crippen molar-refractivity contribution < 1.29 is 14.7 Å². The van der Waals surface area contributed by atoms with Gasteiger partial charge < -0.3 is 10.4 Å². The molecule has 0 spiro atoms. The number of ketones is 1. The van der Waals surface area contributed by atoms with E-state index in [1.807, 2.05) is 0 Å². The second-order valence-corrected chi connectivity index (χ2v) is 3.66. The molecule has 0 aliphatic heterocycles. The van der Waals surface area contributed by atoms with Gasteiger partial charge in [-0.2, -0.15) is 0 Å². The van der Waals surface area contributed by atoms with Gasteiger partial charge in [-0.15, -0.1) is 0 Å². The lowest BCUT2D eigenvalue weighted by molar-refractivity contribution is 0.0913. The van der Waals surface area contributed by atoms with Gasteiger partial charge in [0.1, 0.15) is 0 Å². The Morgan fingerprint density at radius 1 is 1.31 bits per heavy atom. The summed E-state index contributed by atoms with van der Waals surface area (Å²) in [5.41, 5.74) is 0.737. The highest BCUT2D eigenvalue weighted by Gasteiger charge is 2.13. The van der Waals surface area contributed by atoms with E-state index in [4.69, 9.17) is 5.11 Å². The minimum absolute atomic E-state index is 0.150. The fourth-order valence-electron chi connectivity index (χ4n) is 1.32. The molecule has 4 nitrogen and oxygen atoms in total. The smallest absolute Gasteiger partial charge is 0.252 e. The Hall–Kier alpha value is -1.68. The van der Waals surface area contributed by atoms with Crippen LogP contribution in [0, 0.1) is 0 Å². The molecule has 1 unspecified atom stereocenters. The van der Waals surface area contributed by atoms with Gasteiger partial charge in [-0.05, 0) is 19.9 Å². The number of aliphatic hydroxyl groups is 1. The van der Waals surface area contributed by atoms with Crippen molar-refractivity contribution in [2.24, 2.45) is 0 Å². The second-order valence-electron chi connectivity index (χ2n) is 3.66. The number of aliphatic hydroxyl groups excluding tert-OH is 1. The molecule has 86 valence electrons. The quantitative estimate of drug-likeness (QED) is 0.745. The van der Waals surface area contributed by atoms with Crippen LogP contribution in [0.4, 0.5) is 0 Å². The highest BCUT2D eigenvalue weighted by atomic mass is 16.3. The van der Waals surface area contributed by atoms with Crippen molar-refractivity contribution >= 4 is 11.7 Å². The number of amides is 1. The van der Waals surface area contributed by atoms with Crippen LogP contribution < -0.4 is 5.32 Å². The molecule has 0 saturated carbocycles. The third-order valence-electron chi connectivity index (χ3n) is 2.11. The average Bonchev–Trinajstić information content (AvgIpc) is 2.25. The fourth-order valence-corrected chi connectivity index (χ4v) is 1.32. The molecular formula is C12H15NO3. The summed E-state index contributed by atoms with van der Waals surface area (Å²) in [6.07, 6.45) is -0.603. The molecular weight excluding hydrogens is 206 g/mol. The van der Waals surface area contributed by atoms with Crippen LogP contribution in [0.2, 0.25) is 0 Å². The predicted octanol–water partition coefficient (Wildman–Crippen LogP) is 1.000. The first-order chi connectivity index (χ1) is 7.52. The van der Waals surface area contributed by atoms with E-state index in [9.17, 15) is 9.59 Å². The molecule has 0 aliphatic rings. The normalized spacial score (nSPS) is 11.9. The van der Waals surface area contributed by atoms with Gasteiger partial charge in [0.15, 0.2) is 5.78 Å². The van der Waals surface area contributed by atoms with Crippen LogP contribution in [-0.4, -0.2) is 29.4 Å². The van der Waals surface area contributed by atoms with E-state index in [1.165, 1.54) is 6.92 Å². The Balaban J connectivity index is 2.86. The Morgan fingerprint density at radius 2 is 1.88 bits per heavy atom.